The highest BCUT2D eigenvalue weighted by molar-refractivity contribution is 7.78. The quantitative estimate of drug-likeness (QED) is 0.601. The maximum absolute atomic E-state index is 12.8. The third-order valence-electron chi connectivity index (χ3n) is 2.35. The molecule has 0 saturated carbocycles. The van der Waals surface area contributed by atoms with Crippen molar-refractivity contribution in [1.29, 1.82) is 0 Å². The van der Waals surface area contributed by atoms with Crippen molar-refractivity contribution < 1.29 is 22.7 Å². The number of anilines is 1. The number of carbonyl (C=O) groups excluding carboxylic acids is 1. The Kier molecular flexibility index (Phi) is 5.26. The van der Waals surface area contributed by atoms with Crippen molar-refractivity contribution in [2.75, 3.05) is 11.9 Å². The molecule has 1 amide bonds. The first-order valence-corrected chi connectivity index (χ1v) is 6.48. The van der Waals surface area contributed by atoms with Gasteiger partial charge in [0.05, 0.1) is 16.4 Å². The minimum atomic E-state index is -4.60. The topological polar surface area (TPSA) is 54.8 Å². The van der Waals surface area contributed by atoms with Gasteiger partial charge in [-0.3, -0.25) is 4.90 Å². The molecule has 0 N–H and O–H groups in total. The monoisotopic (exact) mass is 333 g/mol. The van der Waals surface area contributed by atoms with Gasteiger partial charge in [-0.2, -0.15) is 18.2 Å². The number of halogens is 3. The number of rotatable bonds is 2. The lowest BCUT2D eigenvalue weighted by Crippen LogP contribution is -2.34. The third kappa shape index (κ3) is 4.78. The summed E-state index contributed by atoms with van der Waals surface area (Å²) in [5.41, 5.74) is -1.99. The van der Waals surface area contributed by atoms with Gasteiger partial charge < -0.3 is 4.74 Å². The standard InChI is InChI=1S/C13H14F3N3O2S/c1-12(2,3)21-11(20)19(4)9-5-8(13(14,15)16)6-17-10(9)18-7-22/h5-6H,1-4H3. The van der Waals surface area contributed by atoms with E-state index in [1.54, 1.807) is 20.8 Å². The van der Waals surface area contributed by atoms with Crippen LogP contribution in [0.4, 0.5) is 29.5 Å². The second-order valence-corrected chi connectivity index (χ2v) is 5.49. The highest BCUT2D eigenvalue weighted by atomic mass is 32.1. The lowest BCUT2D eigenvalue weighted by Gasteiger charge is -2.25. The Hall–Kier alpha value is -1.99. The van der Waals surface area contributed by atoms with Crippen molar-refractivity contribution in [3.63, 3.8) is 0 Å². The molecule has 0 saturated heterocycles. The largest absolute Gasteiger partial charge is 0.443 e. The van der Waals surface area contributed by atoms with E-state index in [1.807, 2.05) is 5.16 Å². The number of carbonyl (C=O) groups is 1. The van der Waals surface area contributed by atoms with Gasteiger partial charge in [0, 0.05) is 13.2 Å². The predicted octanol–water partition coefficient (Wildman–Crippen LogP) is 4.21. The summed E-state index contributed by atoms with van der Waals surface area (Å²) >= 11 is 4.43. The summed E-state index contributed by atoms with van der Waals surface area (Å²) in [5.74, 6) is -0.156. The van der Waals surface area contributed by atoms with Gasteiger partial charge in [-0.1, -0.05) is 0 Å². The number of alkyl halides is 3. The lowest BCUT2D eigenvalue weighted by molar-refractivity contribution is -0.137. The smallest absolute Gasteiger partial charge is 0.417 e. The van der Waals surface area contributed by atoms with Crippen molar-refractivity contribution in [2.24, 2.45) is 4.99 Å². The van der Waals surface area contributed by atoms with Crippen LogP contribution in [0.25, 0.3) is 0 Å². The van der Waals surface area contributed by atoms with Crippen LogP contribution in [0.2, 0.25) is 0 Å². The highest BCUT2D eigenvalue weighted by Crippen LogP contribution is 2.35. The first kappa shape index (κ1) is 18.1. The van der Waals surface area contributed by atoms with E-state index in [1.165, 1.54) is 7.05 Å². The SMILES string of the molecule is CN(C(=O)OC(C)(C)C)c1cc(C(F)(F)F)cnc1N=C=S. The molecule has 1 aromatic heterocycles. The lowest BCUT2D eigenvalue weighted by atomic mass is 10.2. The molecule has 120 valence electrons. The van der Waals surface area contributed by atoms with Gasteiger partial charge in [0.1, 0.15) is 5.60 Å². The van der Waals surface area contributed by atoms with Crippen LogP contribution in [0.5, 0.6) is 0 Å². The number of pyridine rings is 1. The summed E-state index contributed by atoms with van der Waals surface area (Å²) in [6, 6.07) is 0.752. The molecule has 1 aromatic rings. The van der Waals surface area contributed by atoms with Crippen molar-refractivity contribution in [3.05, 3.63) is 17.8 Å². The Labute approximate surface area is 130 Å². The number of hydrogen-bond donors (Lipinski definition) is 0. The maximum atomic E-state index is 12.8. The average molecular weight is 333 g/mol. The second-order valence-electron chi connectivity index (χ2n) is 5.31. The highest BCUT2D eigenvalue weighted by Gasteiger charge is 2.33. The number of hydrogen-bond acceptors (Lipinski definition) is 5. The Balaban J connectivity index is 3.29. The third-order valence-corrected chi connectivity index (χ3v) is 2.45. The molecule has 0 fully saturated rings. The van der Waals surface area contributed by atoms with Crippen LogP contribution in [-0.4, -0.2) is 28.9 Å². The molecular weight excluding hydrogens is 319 g/mol. The van der Waals surface area contributed by atoms with E-state index in [9.17, 15) is 18.0 Å². The van der Waals surface area contributed by atoms with E-state index < -0.39 is 23.4 Å². The second kappa shape index (κ2) is 6.41. The van der Waals surface area contributed by atoms with E-state index in [-0.39, 0.29) is 11.5 Å². The van der Waals surface area contributed by atoms with Gasteiger partial charge in [0.15, 0.2) is 5.82 Å². The molecule has 1 rings (SSSR count). The summed E-state index contributed by atoms with van der Waals surface area (Å²) in [5, 5.41) is 2.01. The molecule has 0 atom stereocenters. The number of ether oxygens (including phenoxy) is 1. The van der Waals surface area contributed by atoms with E-state index in [0.29, 0.717) is 6.20 Å². The Morgan fingerprint density at radius 3 is 2.45 bits per heavy atom. The van der Waals surface area contributed by atoms with Crippen LogP contribution in [-0.2, 0) is 10.9 Å². The summed E-state index contributed by atoms with van der Waals surface area (Å²) < 4.78 is 43.4. The molecule has 0 aliphatic heterocycles. The first-order chi connectivity index (χ1) is 9.95. The van der Waals surface area contributed by atoms with Gasteiger partial charge in [-0.05, 0) is 39.1 Å². The number of aliphatic imine (C=N–C) groups is 1. The normalized spacial score (nSPS) is 11.6. The van der Waals surface area contributed by atoms with Crippen LogP contribution in [0.15, 0.2) is 17.3 Å². The van der Waals surface area contributed by atoms with Crippen molar-refractivity contribution >= 4 is 35.0 Å². The zero-order chi connectivity index (χ0) is 17.1. The van der Waals surface area contributed by atoms with Gasteiger partial charge in [-0.15, -0.1) is 0 Å². The summed E-state index contributed by atoms with van der Waals surface area (Å²) in [6.07, 6.45) is -4.83. The minimum absolute atomic E-state index is 0.156. The van der Waals surface area contributed by atoms with Crippen molar-refractivity contribution in [2.45, 2.75) is 32.5 Å². The van der Waals surface area contributed by atoms with Crippen LogP contribution in [0, 0.1) is 0 Å². The molecule has 1 heterocycles. The minimum Gasteiger partial charge on any atom is -0.443 e. The zero-order valence-electron chi connectivity index (χ0n) is 12.4. The Bertz CT molecular complexity index is 620. The Morgan fingerprint density at radius 1 is 1.41 bits per heavy atom. The Morgan fingerprint density at radius 2 is 2.00 bits per heavy atom. The van der Waals surface area contributed by atoms with E-state index >= 15 is 0 Å². The molecule has 0 radical (unpaired) electrons. The van der Waals surface area contributed by atoms with Crippen molar-refractivity contribution in [3.8, 4) is 0 Å². The molecule has 0 unspecified atom stereocenters. The molecule has 0 spiro atoms. The predicted molar refractivity (Wildman–Crippen MR) is 78.6 cm³/mol. The summed E-state index contributed by atoms with van der Waals surface area (Å²) in [4.78, 5) is 20.0. The number of isothiocyanates is 1. The molecule has 0 bridgehead atoms. The fraction of sp³-hybridized carbons (Fsp3) is 0.462. The van der Waals surface area contributed by atoms with Gasteiger partial charge in [0.2, 0.25) is 0 Å². The van der Waals surface area contributed by atoms with Crippen molar-refractivity contribution in [1.82, 2.24) is 4.98 Å². The van der Waals surface area contributed by atoms with Crippen LogP contribution in [0.3, 0.4) is 0 Å². The van der Waals surface area contributed by atoms with E-state index in [2.05, 4.69) is 22.2 Å². The average Bonchev–Trinajstić information content (AvgIpc) is 2.35. The van der Waals surface area contributed by atoms with Gasteiger partial charge in [0.25, 0.3) is 0 Å². The molecule has 0 aliphatic rings. The van der Waals surface area contributed by atoms with Gasteiger partial charge >= 0.3 is 12.3 Å². The molecule has 0 aliphatic carbocycles. The van der Waals surface area contributed by atoms with Gasteiger partial charge in [-0.25, -0.2) is 9.78 Å². The van der Waals surface area contributed by atoms with Crippen LogP contribution >= 0.6 is 12.2 Å². The first-order valence-electron chi connectivity index (χ1n) is 6.07. The van der Waals surface area contributed by atoms with Crippen LogP contribution < -0.4 is 4.90 Å². The molecule has 5 nitrogen and oxygen atoms in total. The molecule has 0 aromatic carbocycles. The number of amides is 1. The molecule has 9 heteroatoms. The fourth-order valence-corrected chi connectivity index (χ4v) is 1.49. The number of thiocarbonyl (C=S) groups is 1. The summed E-state index contributed by atoms with van der Waals surface area (Å²) in [7, 11) is 1.26. The molecule has 22 heavy (non-hydrogen) atoms. The maximum Gasteiger partial charge on any atom is 0.417 e. The fourth-order valence-electron chi connectivity index (χ4n) is 1.41. The number of nitrogens with zero attached hydrogens (tertiary/aromatic N) is 3. The molecular formula is C13H14F3N3O2S. The van der Waals surface area contributed by atoms with E-state index in [0.717, 1.165) is 11.0 Å². The zero-order valence-corrected chi connectivity index (χ0v) is 13.2. The van der Waals surface area contributed by atoms with E-state index in [4.69, 9.17) is 4.74 Å². The number of aromatic nitrogens is 1. The van der Waals surface area contributed by atoms with Crippen LogP contribution in [0.1, 0.15) is 26.3 Å². The summed E-state index contributed by atoms with van der Waals surface area (Å²) in [6.45, 7) is 4.91.